The molecule has 0 spiro atoms. The molecule has 1 nitrogen and oxygen atoms in total. The molecule has 0 fully saturated rings. The van der Waals surface area contributed by atoms with Crippen molar-refractivity contribution >= 4 is 11.2 Å². The smallest absolute Gasteiger partial charge is 0.298 e. The molecule has 0 saturated heterocycles. The van der Waals surface area contributed by atoms with Gasteiger partial charge in [0.2, 0.25) is 0 Å². The number of benzene rings is 1. The highest BCUT2D eigenvalue weighted by Crippen LogP contribution is 2.17. The van der Waals surface area contributed by atoms with Gasteiger partial charge in [0.25, 0.3) is 5.16 Å². The number of hydrogen-bond acceptors (Lipinski definition) is 1. The average molecular weight is 170 g/mol. The van der Waals surface area contributed by atoms with Crippen molar-refractivity contribution in [2.24, 2.45) is 0 Å². The summed E-state index contributed by atoms with van der Waals surface area (Å²) in [5.41, 5.74) is 0. The van der Waals surface area contributed by atoms with E-state index in [0.717, 1.165) is 0 Å². The van der Waals surface area contributed by atoms with E-state index < -0.39 is 16.3 Å². The fraction of sp³-hybridized carbons (Fsp3) is 0. The zero-order valence-corrected chi connectivity index (χ0v) is 6.60. The van der Waals surface area contributed by atoms with Gasteiger partial charge in [-0.05, 0) is 18.7 Å². The van der Waals surface area contributed by atoms with Gasteiger partial charge >= 0.3 is 0 Å². The summed E-state index contributed by atoms with van der Waals surface area (Å²) in [7, 11) is 0. The Morgan fingerprint density at radius 2 is 1.91 bits per heavy atom. The predicted octanol–water partition coefficient (Wildman–Crippen LogP) is 2.23. The standard InChI is InChI=1S/C8H7FOS/c1-7(9)11(10)8-5-3-2-4-6-8/h2-6H,1H2. The summed E-state index contributed by atoms with van der Waals surface area (Å²) in [6.07, 6.45) is 0. The first kappa shape index (κ1) is 8.30. The second kappa shape index (κ2) is 3.55. The lowest BCUT2D eigenvalue weighted by Gasteiger charge is -2.04. The minimum absolute atomic E-state index is 0.444. The van der Waals surface area contributed by atoms with Crippen LogP contribution in [0.3, 0.4) is 0 Å². The van der Waals surface area contributed by atoms with Crippen LogP contribution in [0, 0.1) is 0 Å². The van der Waals surface area contributed by atoms with Gasteiger partial charge in [0, 0.05) is 0 Å². The lowest BCUT2D eigenvalue weighted by atomic mass is 10.4. The van der Waals surface area contributed by atoms with Gasteiger partial charge in [-0.25, -0.2) is 0 Å². The van der Waals surface area contributed by atoms with Gasteiger partial charge in [-0.3, -0.25) is 0 Å². The lowest BCUT2D eigenvalue weighted by Crippen LogP contribution is -1.99. The fourth-order valence-electron chi connectivity index (χ4n) is 0.672. The Kier molecular flexibility index (Phi) is 2.68. The summed E-state index contributed by atoms with van der Waals surface area (Å²) in [5, 5.41) is -0.809. The molecular weight excluding hydrogens is 163 g/mol. The Bertz CT molecular complexity index is 248. The highest BCUT2D eigenvalue weighted by Gasteiger charge is 2.13. The molecule has 0 heterocycles. The Labute approximate surface area is 67.7 Å². The molecule has 0 saturated carbocycles. The van der Waals surface area contributed by atoms with E-state index in [1.807, 2.05) is 0 Å². The maximum Gasteiger partial charge on any atom is 0.298 e. The van der Waals surface area contributed by atoms with E-state index in [1.165, 1.54) is 0 Å². The summed E-state index contributed by atoms with van der Waals surface area (Å²) in [6.45, 7) is 2.96. The van der Waals surface area contributed by atoms with Crippen LogP contribution in [0.1, 0.15) is 0 Å². The van der Waals surface area contributed by atoms with Crippen molar-refractivity contribution in [1.29, 1.82) is 0 Å². The summed E-state index contributed by atoms with van der Waals surface area (Å²) < 4.78 is 23.3. The monoisotopic (exact) mass is 170 g/mol. The van der Waals surface area contributed by atoms with Crippen molar-refractivity contribution in [3.63, 3.8) is 0 Å². The van der Waals surface area contributed by atoms with Gasteiger partial charge in [0.15, 0.2) is 4.90 Å². The van der Waals surface area contributed by atoms with Gasteiger partial charge in [-0.1, -0.05) is 18.2 Å². The first-order valence-corrected chi connectivity index (χ1v) is 4.18. The zero-order valence-electron chi connectivity index (χ0n) is 5.79. The van der Waals surface area contributed by atoms with Crippen molar-refractivity contribution in [2.75, 3.05) is 0 Å². The number of rotatable bonds is 2. The molecule has 0 aliphatic carbocycles. The van der Waals surface area contributed by atoms with Gasteiger partial charge < -0.3 is 4.55 Å². The van der Waals surface area contributed by atoms with Crippen molar-refractivity contribution in [1.82, 2.24) is 0 Å². The molecule has 0 bridgehead atoms. The van der Waals surface area contributed by atoms with Crippen LogP contribution in [-0.4, -0.2) is 4.55 Å². The molecule has 0 aliphatic heterocycles. The van der Waals surface area contributed by atoms with Crippen LogP contribution in [0.4, 0.5) is 4.39 Å². The first-order chi connectivity index (χ1) is 5.22. The first-order valence-electron chi connectivity index (χ1n) is 3.03. The number of halogens is 1. The third kappa shape index (κ3) is 2.06. The van der Waals surface area contributed by atoms with Crippen molar-refractivity contribution in [2.45, 2.75) is 4.90 Å². The van der Waals surface area contributed by atoms with Gasteiger partial charge in [0.1, 0.15) is 0 Å². The second-order valence-corrected chi connectivity index (χ2v) is 3.39. The van der Waals surface area contributed by atoms with Crippen LogP contribution >= 0.6 is 0 Å². The maximum atomic E-state index is 12.3. The van der Waals surface area contributed by atoms with Crippen LogP contribution in [0.2, 0.25) is 0 Å². The van der Waals surface area contributed by atoms with Crippen molar-refractivity contribution in [3.05, 3.63) is 42.1 Å². The van der Waals surface area contributed by atoms with Gasteiger partial charge in [-0.15, -0.1) is 0 Å². The molecule has 3 heteroatoms. The van der Waals surface area contributed by atoms with Gasteiger partial charge in [-0.2, -0.15) is 4.39 Å². The third-order valence-corrected chi connectivity index (χ3v) is 2.26. The van der Waals surface area contributed by atoms with E-state index in [2.05, 4.69) is 6.58 Å². The lowest BCUT2D eigenvalue weighted by molar-refractivity contribution is 0.578. The van der Waals surface area contributed by atoms with Crippen LogP contribution in [0.5, 0.6) is 0 Å². The Balaban J connectivity index is 2.85. The number of hydrogen-bond donors (Lipinski definition) is 0. The van der Waals surface area contributed by atoms with E-state index in [0.29, 0.717) is 4.90 Å². The normalized spacial score (nSPS) is 12.5. The molecule has 1 atom stereocenters. The topological polar surface area (TPSA) is 23.1 Å². The largest absolute Gasteiger partial charge is 0.605 e. The Hall–Kier alpha value is -0.800. The van der Waals surface area contributed by atoms with E-state index in [4.69, 9.17) is 0 Å². The predicted molar refractivity (Wildman–Crippen MR) is 43.1 cm³/mol. The van der Waals surface area contributed by atoms with E-state index >= 15 is 0 Å². The molecule has 1 aromatic rings. The molecular formula is C8H7FOS. The minimum atomic E-state index is -1.70. The fourth-order valence-corrected chi connectivity index (χ4v) is 1.33. The molecule has 1 aromatic carbocycles. The molecule has 0 radical (unpaired) electrons. The molecule has 11 heavy (non-hydrogen) atoms. The maximum absolute atomic E-state index is 12.3. The molecule has 0 aromatic heterocycles. The molecule has 0 amide bonds. The quantitative estimate of drug-likeness (QED) is 0.624. The second-order valence-electron chi connectivity index (χ2n) is 1.94. The molecule has 0 aliphatic rings. The summed E-state index contributed by atoms with van der Waals surface area (Å²) in [6, 6.07) is 8.38. The van der Waals surface area contributed by atoms with Crippen LogP contribution < -0.4 is 0 Å². The Morgan fingerprint density at radius 1 is 1.36 bits per heavy atom. The molecule has 1 unspecified atom stereocenters. The van der Waals surface area contributed by atoms with Gasteiger partial charge in [0.05, 0.1) is 11.2 Å². The van der Waals surface area contributed by atoms with Crippen LogP contribution in [0.15, 0.2) is 47.0 Å². The van der Waals surface area contributed by atoms with Crippen molar-refractivity contribution < 1.29 is 8.94 Å². The molecule has 58 valence electrons. The van der Waals surface area contributed by atoms with E-state index in [-0.39, 0.29) is 0 Å². The summed E-state index contributed by atoms with van der Waals surface area (Å²) >= 11 is -1.70. The van der Waals surface area contributed by atoms with Crippen LogP contribution in [0.25, 0.3) is 0 Å². The third-order valence-electron chi connectivity index (χ3n) is 1.16. The summed E-state index contributed by atoms with van der Waals surface area (Å²) in [4.78, 5) is 0.444. The SMILES string of the molecule is C=C(F)[S+]([O-])c1ccccc1. The molecule has 0 N–H and O–H groups in total. The highest BCUT2D eigenvalue weighted by atomic mass is 32.2. The van der Waals surface area contributed by atoms with E-state index in [9.17, 15) is 8.94 Å². The highest BCUT2D eigenvalue weighted by molar-refractivity contribution is 7.95. The average Bonchev–Trinajstić information content (AvgIpc) is 2.05. The van der Waals surface area contributed by atoms with Crippen LogP contribution in [-0.2, 0) is 11.2 Å². The zero-order chi connectivity index (χ0) is 8.27. The van der Waals surface area contributed by atoms with E-state index in [1.54, 1.807) is 30.3 Å². The Morgan fingerprint density at radius 3 is 2.36 bits per heavy atom. The summed E-state index contributed by atoms with van der Waals surface area (Å²) in [5.74, 6) is 0. The minimum Gasteiger partial charge on any atom is -0.605 e. The molecule has 1 rings (SSSR count). The van der Waals surface area contributed by atoms with Crippen molar-refractivity contribution in [3.8, 4) is 0 Å².